The molecule has 2 N–H and O–H groups in total. The second-order valence-corrected chi connectivity index (χ2v) is 3.95. The molecule has 0 unspecified atom stereocenters. The van der Waals surface area contributed by atoms with E-state index in [0.29, 0.717) is 12.4 Å². The monoisotopic (exact) mass is 283 g/mol. The zero-order chi connectivity index (χ0) is 11.5. The fourth-order valence-corrected chi connectivity index (χ4v) is 1.69. The smallest absolute Gasteiger partial charge is 0.417 e. The Morgan fingerprint density at radius 3 is 2.94 bits per heavy atom. The van der Waals surface area contributed by atoms with Gasteiger partial charge in [-0.25, -0.2) is 0 Å². The highest BCUT2D eigenvalue weighted by molar-refractivity contribution is 9.10. The lowest BCUT2D eigenvalue weighted by molar-refractivity contribution is 0.250. The van der Waals surface area contributed by atoms with Gasteiger partial charge < -0.3 is 10.5 Å². The number of benzene rings is 1. The van der Waals surface area contributed by atoms with Crippen molar-refractivity contribution in [2.24, 2.45) is 5.73 Å². The van der Waals surface area contributed by atoms with E-state index in [9.17, 15) is 0 Å². The van der Waals surface area contributed by atoms with Gasteiger partial charge in [0.1, 0.15) is 0 Å². The second kappa shape index (κ2) is 4.63. The average molecular weight is 284 g/mol. The lowest BCUT2D eigenvalue weighted by atomic mass is 10.1. The van der Waals surface area contributed by atoms with E-state index in [2.05, 4.69) is 26.1 Å². The second-order valence-electron chi connectivity index (χ2n) is 3.10. The van der Waals surface area contributed by atoms with Crippen LogP contribution in [0.25, 0.3) is 11.4 Å². The Labute approximate surface area is 101 Å². The van der Waals surface area contributed by atoms with Crippen molar-refractivity contribution < 1.29 is 9.26 Å². The third-order valence-electron chi connectivity index (χ3n) is 2.11. The molecule has 0 fully saturated rings. The summed E-state index contributed by atoms with van der Waals surface area (Å²) < 4.78 is 10.6. The normalized spacial score (nSPS) is 10.4. The quantitative estimate of drug-likeness (QED) is 0.932. The molecule has 2 aromatic rings. The van der Waals surface area contributed by atoms with Gasteiger partial charge >= 0.3 is 6.08 Å². The van der Waals surface area contributed by atoms with Crippen molar-refractivity contribution in [2.75, 3.05) is 7.11 Å². The van der Waals surface area contributed by atoms with Crippen molar-refractivity contribution in [3.05, 3.63) is 28.2 Å². The summed E-state index contributed by atoms with van der Waals surface area (Å²) in [5, 5.41) is 3.80. The number of nitrogens with two attached hydrogens (primary N) is 1. The number of aromatic nitrogens is 2. The Morgan fingerprint density at radius 2 is 2.31 bits per heavy atom. The Morgan fingerprint density at radius 1 is 1.50 bits per heavy atom. The zero-order valence-corrected chi connectivity index (χ0v) is 10.2. The first-order valence-electron chi connectivity index (χ1n) is 4.61. The summed E-state index contributed by atoms with van der Waals surface area (Å²) >= 11 is 3.41. The molecule has 16 heavy (non-hydrogen) atoms. The third-order valence-corrected chi connectivity index (χ3v) is 2.88. The molecule has 1 heterocycles. The Balaban J connectivity index is 2.40. The van der Waals surface area contributed by atoms with Crippen molar-refractivity contribution in [3.63, 3.8) is 0 Å². The van der Waals surface area contributed by atoms with E-state index in [-0.39, 0.29) is 6.08 Å². The fourth-order valence-electron chi connectivity index (χ4n) is 1.28. The molecular weight excluding hydrogens is 274 g/mol. The van der Waals surface area contributed by atoms with Gasteiger partial charge in [0.05, 0.1) is 7.11 Å². The van der Waals surface area contributed by atoms with Gasteiger partial charge in [0, 0.05) is 16.6 Å². The first kappa shape index (κ1) is 11.1. The minimum atomic E-state index is 0.146. The number of hydrogen-bond donors (Lipinski definition) is 1. The van der Waals surface area contributed by atoms with Crippen LogP contribution in [-0.4, -0.2) is 17.3 Å². The molecular formula is C10H10BrN3O2. The molecule has 84 valence electrons. The van der Waals surface area contributed by atoms with Crippen LogP contribution < -0.4 is 10.5 Å². The minimum Gasteiger partial charge on any atom is -0.452 e. The number of rotatable bonds is 3. The van der Waals surface area contributed by atoms with Crippen LogP contribution in [-0.2, 0) is 6.54 Å². The van der Waals surface area contributed by atoms with Crippen LogP contribution in [0.3, 0.4) is 0 Å². The van der Waals surface area contributed by atoms with E-state index in [4.69, 9.17) is 15.0 Å². The lowest BCUT2D eigenvalue weighted by Gasteiger charge is -2.02. The van der Waals surface area contributed by atoms with Crippen LogP contribution in [0.15, 0.2) is 27.2 Å². The van der Waals surface area contributed by atoms with E-state index in [0.717, 1.165) is 15.6 Å². The summed E-state index contributed by atoms with van der Waals surface area (Å²) in [5.41, 5.74) is 7.44. The number of nitrogens with zero attached hydrogens (tertiary/aromatic N) is 2. The van der Waals surface area contributed by atoms with Crippen molar-refractivity contribution in [1.82, 2.24) is 10.1 Å². The van der Waals surface area contributed by atoms with Gasteiger partial charge in [-0.05, 0) is 23.8 Å². The van der Waals surface area contributed by atoms with Crippen molar-refractivity contribution >= 4 is 15.9 Å². The van der Waals surface area contributed by atoms with Crippen molar-refractivity contribution in [2.45, 2.75) is 6.54 Å². The highest BCUT2D eigenvalue weighted by atomic mass is 79.9. The molecule has 0 saturated heterocycles. The van der Waals surface area contributed by atoms with Crippen molar-refractivity contribution in [1.29, 1.82) is 0 Å². The van der Waals surface area contributed by atoms with Gasteiger partial charge in [0.2, 0.25) is 5.82 Å². The van der Waals surface area contributed by atoms with Crippen LogP contribution in [0.4, 0.5) is 0 Å². The van der Waals surface area contributed by atoms with Crippen LogP contribution in [0.2, 0.25) is 0 Å². The van der Waals surface area contributed by atoms with Crippen molar-refractivity contribution in [3.8, 4) is 17.5 Å². The van der Waals surface area contributed by atoms with E-state index in [1.54, 1.807) is 0 Å². The highest BCUT2D eigenvalue weighted by Gasteiger charge is 2.09. The van der Waals surface area contributed by atoms with Crippen LogP contribution in [0.5, 0.6) is 6.08 Å². The molecule has 0 amide bonds. The fraction of sp³-hybridized carbons (Fsp3) is 0.200. The molecule has 0 aliphatic heterocycles. The molecule has 0 aliphatic rings. The Hall–Kier alpha value is -1.40. The first-order chi connectivity index (χ1) is 7.74. The predicted molar refractivity (Wildman–Crippen MR) is 61.9 cm³/mol. The summed E-state index contributed by atoms with van der Waals surface area (Å²) in [5.74, 6) is 0.485. The summed E-state index contributed by atoms with van der Waals surface area (Å²) in [6.45, 7) is 0.448. The van der Waals surface area contributed by atoms with Gasteiger partial charge in [-0.2, -0.15) is 4.98 Å². The minimum absolute atomic E-state index is 0.146. The van der Waals surface area contributed by atoms with Gasteiger partial charge in [0.25, 0.3) is 0 Å². The summed E-state index contributed by atoms with van der Waals surface area (Å²) in [7, 11) is 1.48. The molecule has 0 atom stereocenters. The van der Waals surface area contributed by atoms with Gasteiger partial charge in [-0.3, -0.25) is 4.52 Å². The topological polar surface area (TPSA) is 74.2 Å². The maximum Gasteiger partial charge on any atom is 0.417 e. The van der Waals surface area contributed by atoms with E-state index >= 15 is 0 Å². The third kappa shape index (κ3) is 2.07. The number of methoxy groups -OCH3 is 1. The Bertz CT molecular complexity index is 499. The molecule has 1 aromatic carbocycles. The molecule has 5 nitrogen and oxygen atoms in total. The number of hydrogen-bond acceptors (Lipinski definition) is 5. The molecule has 0 radical (unpaired) electrons. The molecule has 0 bridgehead atoms. The first-order valence-corrected chi connectivity index (χ1v) is 5.40. The summed E-state index contributed by atoms with van der Waals surface area (Å²) in [4.78, 5) is 4.05. The van der Waals surface area contributed by atoms with Gasteiger partial charge in [-0.15, -0.1) is 0 Å². The maximum absolute atomic E-state index is 5.61. The SMILES string of the molecule is COc1nc(-c2ccc(Br)c(CN)c2)no1. The summed E-state index contributed by atoms with van der Waals surface area (Å²) in [6.07, 6.45) is 0.146. The maximum atomic E-state index is 5.61. The molecule has 0 spiro atoms. The number of ether oxygens (including phenoxy) is 1. The van der Waals surface area contributed by atoms with Crippen LogP contribution in [0, 0.1) is 0 Å². The molecule has 0 aliphatic carbocycles. The molecule has 2 rings (SSSR count). The standard InChI is InChI=1S/C10H10BrN3O2/c1-15-10-13-9(14-16-10)6-2-3-8(11)7(4-6)5-12/h2-4H,5,12H2,1H3. The average Bonchev–Trinajstić information content (AvgIpc) is 2.78. The van der Waals surface area contributed by atoms with Gasteiger partial charge in [0.15, 0.2) is 0 Å². The largest absolute Gasteiger partial charge is 0.452 e. The number of halogens is 1. The zero-order valence-electron chi connectivity index (χ0n) is 8.61. The molecule has 0 saturated carbocycles. The van der Waals surface area contributed by atoms with Crippen LogP contribution >= 0.6 is 15.9 Å². The summed E-state index contributed by atoms with van der Waals surface area (Å²) in [6, 6.07) is 5.70. The van der Waals surface area contributed by atoms with E-state index in [1.807, 2.05) is 18.2 Å². The van der Waals surface area contributed by atoms with Crippen LogP contribution in [0.1, 0.15) is 5.56 Å². The molecule has 1 aromatic heterocycles. The van der Waals surface area contributed by atoms with E-state index < -0.39 is 0 Å². The van der Waals surface area contributed by atoms with Gasteiger partial charge in [-0.1, -0.05) is 21.1 Å². The Kier molecular flexibility index (Phi) is 3.21. The molecule has 6 heteroatoms. The highest BCUT2D eigenvalue weighted by Crippen LogP contribution is 2.24. The lowest BCUT2D eigenvalue weighted by Crippen LogP contribution is -1.97. The predicted octanol–water partition coefficient (Wildman–Crippen LogP) is 1.97. The van der Waals surface area contributed by atoms with E-state index in [1.165, 1.54) is 7.11 Å².